The number of rotatable bonds is 2. The van der Waals surface area contributed by atoms with Crippen molar-refractivity contribution in [2.75, 3.05) is 5.73 Å². The second-order valence-corrected chi connectivity index (χ2v) is 5.10. The molecular formula is C6H5ClF2N2O3S. The van der Waals surface area contributed by atoms with E-state index in [-0.39, 0.29) is 0 Å². The minimum atomic E-state index is -4.29. The van der Waals surface area contributed by atoms with Crippen LogP contribution in [0.25, 0.3) is 0 Å². The Labute approximate surface area is 87.3 Å². The molecule has 0 fully saturated rings. The van der Waals surface area contributed by atoms with Crippen molar-refractivity contribution in [2.45, 2.75) is 11.3 Å². The van der Waals surface area contributed by atoms with Crippen molar-refractivity contribution in [3.8, 4) is 0 Å². The van der Waals surface area contributed by atoms with E-state index in [4.69, 9.17) is 16.4 Å². The van der Waals surface area contributed by atoms with E-state index in [0.717, 1.165) is 0 Å². The molecule has 0 radical (unpaired) electrons. The molecule has 1 aromatic rings. The van der Waals surface area contributed by atoms with Crippen LogP contribution in [-0.4, -0.2) is 13.4 Å². The van der Waals surface area contributed by atoms with E-state index in [2.05, 4.69) is 0 Å². The van der Waals surface area contributed by atoms with Gasteiger partial charge in [0, 0.05) is 10.7 Å². The van der Waals surface area contributed by atoms with Crippen molar-refractivity contribution in [1.82, 2.24) is 4.98 Å². The SMILES string of the molecule is Nc1cc(S(=O)(=O)Cl)c(=O)[nH]c1C(F)F. The third-order valence-corrected chi connectivity index (χ3v) is 2.88. The van der Waals surface area contributed by atoms with Crippen LogP contribution >= 0.6 is 10.7 Å². The lowest BCUT2D eigenvalue weighted by molar-refractivity contribution is 0.146. The van der Waals surface area contributed by atoms with Crippen molar-refractivity contribution >= 4 is 25.4 Å². The zero-order valence-electron chi connectivity index (χ0n) is 7.00. The third-order valence-electron chi connectivity index (χ3n) is 1.55. The summed E-state index contributed by atoms with van der Waals surface area (Å²) in [6.07, 6.45) is -3.00. The van der Waals surface area contributed by atoms with Gasteiger partial charge < -0.3 is 10.7 Å². The fourth-order valence-electron chi connectivity index (χ4n) is 0.902. The van der Waals surface area contributed by atoms with Gasteiger partial charge in [-0.2, -0.15) is 0 Å². The summed E-state index contributed by atoms with van der Waals surface area (Å²) in [7, 11) is 0.582. The van der Waals surface area contributed by atoms with Crippen LogP contribution in [0.5, 0.6) is 0 Å². The molecule has 1 rings (SSSR count). The van der Waals surface area contributed by atoms with E-state index in [0.29, 0.717) is 6.07 Å². The first kappa shape index (κ1) is 11.9. The fraction of sp³-hybridized carbons (Fsp3) is 0.167. The molecule has 0 spiro atoms. The van der Waals surface area contributed by atoms with Crippen LogP contribution in [0.3, 0.4) is 0 Å². The normalized spacial score (nSPS) is 12.0. The van der Waals surface area contributed by atoms with Gasteiger partial charge >= 0.3 is 0 Å². The van der Waals surface area contributed by atoms with Crippen LogP contribution in [0.1, 0.15) is 12.1 Å². The number of pyridine rings is 1. The Morgan fingerprint density at radius 2 is 2.00 bits per heavy atom. The molecule has 15 heavy (non-hydrogen) atoms. The van der Waals surface area contributed by atoms with Crippen LogP contribution in [-0.2, 0) is 9.05 Å². The summed E-state index contributed by atoms with van der Waals surface area (Å²) in [4.78, 5) is 11.8. The largest absolute Gasteiger partial charge is 0.397 e. The molecule has 0 aliphatic rings. The smallest absolute Gasteiger partial charge is 0.280 e. The number of anilines is 1. The second-order valence-electron chi connectivity index (χ2n) is 2.57. The molecule has 0 aliphatic carbocycles. The Balaban J connectivity index is 3.53. The molecule has 0 amide bonds. The predicted molar refractivity (Wildman–Crippen MR) is 49.5 cm³/mol. The lowest BCUT2D eigenvalue weighted by Crippen LogP contribution is -2.18. The summed E-state index contributed by atoms with van der Waals surface area (Å²) in [5, 5.41) is 0. The van der Waals surface area contributed by atoms with Gasteiger partial charge in [0.05, 0.1) is 5.69 Å². The highest BCUT2D eigenvalue weighted by Gasteiger charge is 2.20. The van der Waals surface area contributed by atoms with Crippen LogP contribution < -0.4 is 11.3 Å². The van der Waals surface area contributed by atoms with Gasteiger partial charge in [-0.15, -0.1) is 0 Å². The molecule has 3 N–H and O–H groups in total. The summed E-state index contributed by atoms with van der Waals surface area (Å²) in [5.74, 6) is 0. The number of aromatic nitrogens is 1. The first-order valence-electron chi connectivity index (χ1n) is 3.49. The van der Waals surface area contributed by atoms with Gasteiger partial charge in [0.1, 0.15) is 10.6 Å². The van der Waals surface area contributed by atoms with Gasteiger partial charge in [0.15, 0.2) is 0 Å². The van der Waals surface area contributed by atoms with Crippen molar-refractivity contribution in [3.05, 3.63) is 22.1 Å². The molecule has 5 nitrogen and oxygen atoms in total. The Bertz CT molecular complexity index is 540. The van der Waals surface area contributed by atoms with Gasteiger partial charge in [-0.25, -0.2) is 17.2 Å². The van der Waals surface area contributed by atoms with E-state index in [1.54, 1.807) is 4.98 Å². The number of alkyl halides is 2. The van der Waals surface area contributed by atoms with E-state index < -0.39 is 37.3 Å². The monoisotopic (exact) mass is 258 g/mol. The van der Waals surface area contributed by atoms with Crippen molar-refractivity contribution in [2.24, 2.45) is 0 Å². The van der Waals surface area contributed by atoms with Crippen LogP contribution in [0.15, 0.2) is 15.8 Å². The number of halogens is 3. The highest BCUT2D eigenvalue weighted by molar-refractivity contribution is 8.13. The number of hydrogen-bond donors (Lipinski definition) is 2. The molecule has 84 valence electrons. The standard InChI is InChI=1S/C6H5ClF2N2O3S/c7-15(13,14)3-1-2(10)4(5(8)9)11-6(3)12/h1,5H,10H2,(H,11,12). The zero-order chi connectivity index (χ0) is 11.8. The number of nitrogens with one attached hydrogen (secondary N) is 1. The fourth-order valence-corrected chi connectivity index (χ4v) is 1.79. The molecule has 0 unspecified atom stereocenters. The van der Waals surface area contributed by atoms with Crippen LogP contribution in [0.4, 0.5) is 14.5 Å². The van der Waals surface area contributed by atoms with Crippen molar-refractivity contribution < 1.29 is 17.2 Å². The molecule has 0 aromatic carbocycles. The molecule has 0 saturated heterocycles. The molecule has 1 heterocycles. The first-order chi connectivity index (χ1) is 6.73. The maximum absolute atomic E-state index is 12.2. The number of H-pyrrole nitrogens is 1. The average molecular weight is 259 g/mol. The Morgan fingerprint density at radius 3 is 2.40 bits per heavy atom. The second kappa shape index (κ2) is 3.78. The minimum Gasteiger partial charge on any atom is -0.397 e. The lowest BCUT2D eigenvalue weighted by atomic mass is 10.3. The summed E-state index contributed by atoms with van der Waals surface area (Å²) in [6.45, 7) is 0. The number of aromatic amines is 1. The summed E-state index contributed by atoms with van der Waals surface area (Å²) in [6, 6.07) is 0.600. The lowest BCUT2D eigenvalue weighted by Gasteiger charge is -2.04. The Kier molecular flexibility index (Phi) is 3.00. The zero-order valence-corrected chi connectivity index (χ0v) is 8.57. The average Bonchev–Trinajstić information content (AvgIpc) is 2.06. The van der Waals surface area contributed by atoms with Crippen molar-refractivity contribution in [1.29, 1.82) is 0 Å². The first-order valence-corrected chi connectivity index (χ1v) is 5.80. The summed E-state index contributed by atoms with van der Waals surface area (Å²) in [5.41, 5.74) is 2.52. The van der Waals surface area contributed by atoms with E-state index in [9.17, 15) is 22.0 Å². The maximum atomic E-state index is 12.2. The molecule has 1 aromatic heterocycles. The predicted octanol–water partition coefficient (Wildman–Crippen LogP) is 0.822. The summed E-state index contributed by atoms with van der Waals surface area (Å²) >= 11 is 0. The minimum absolute atomic E-state index is 0.538. The Hall–Kier alpha value is -1.15. The third kappa shape index (κ3) is 2.45. The Morgan fingerprint density at radius 1 is 1.47 bits per heavy atom. The molecule has 9 heteroatoms. The maximum Gasteiger partial charge on any atom is 0.280 e. The number of hydrogen-bond acceptors (Lipinski definition) is 4. The highest BCUT2D eigenvalue weighted by Crippen LogP contribution is 2.23. The van der Waals surface area contributed by atoms with Crippen LogP contribution in [0.2, 0.25) is 0 Å². The van der Waals surface area contributed by atoms with Gasteiger partial charge in [0.25, 0.3) is 21.0 Å². The molecule has 0 bridgehead atoms. The van der Waals surface area contributed by atoms with Gasteiger partial charge in [-0.05, 0) is 6.07 Å². The topological polar surface area (TPSA) is 93.0 Å². The molecule has 0 saturated carbocycles. The summed E-state index contributed by atoms with van der Waals surface area (Å²) < 4.78 is 46.0. The molecular weight excluding hydrogens is 254 g/mol. The quantitative estimate of drug-likeness (QED) is 0.768. The molecule has 0 aliphatic heterocycles. The van der Waals surface area contributed by atoms with Gasteiger partial charge in [-0.3, -0.25) is 4.79 Å². The molecule has 0 atom stereocenters. The number of nitrogen functional groups attached to an aromatic ring is 1. The van der Waals surface area contributed by atoms with Gasteiger partial charge in [0.2, 0.25) is 0 Å². The van der Waals surface area contributed by atoms with E-state index in [1.165, 1.54) is 0 Å². The van der Waals surface area contributed by atoms with Crippen molar-refractivity contribution in [3.63, 3.8) is 0 Å². The van der Waals surface area contributed by atoms with Gasteiger partial charge in [-0.1, -0.05) is 0 Å². The van der Waals surface area contributed by atoms with E-state index in [1.807, 2.05) is 0 Å². The highest BCUT2D eigenvalue weighted by atomic mass is 35.7. The van der Waals surface area contributed by atoms with E-state index >= 15 is 0 Å². The number of nitrogens with two attached hydrogens (primary N) is 1. The van der Waals surface area contributed by atoms with Crippen LogP contribution in [0, 0.1) is 0 Å².